The molecule has 2 aliphatic heterocycles. The summed E-state index contributed by atoms with van der Waals surface area (Å²) in [4.78, 5) is 34.8. The van der Waals surface area contributed by atoms with E-state index >= 15 is 0 Å². The molecule has 0 fully saturated rings. The van der Waals surface area contributed by atoms with Gasteiger partial charge in [-0.15, -0.1) is 0 Å². The standard InChI is InChI=1S/C22H21FN2O.C16H18N2O.C6H4BrF/c1-22(2)12-11-20-24-19-13-15(7-9-16-5-3-4-6-18(16)23)8-10-17(19)21(26)25(20)14-22;1-4-11-5-6-12-13(9-11)17-14-7-8-16(2,3)10-18(14)15(12)19;7-5-3-1-2-4-6(5)8/h3-10,13H,11-12,14H2,1-2H3;4-6,9H,1,7-8,10H2,2-3H3;1-4H/b9-7+;;. The molecule has 4 aromatic carbocycles. The maximum Gasteiger partial charge on any atom is 0.261 e. The highest BCUT2D eigenvalue weighted by molar-refractivity contribution is 9.10. The van der Waals surface area contributed by atoms with E-state index in [0.29, 0.717) is 32.9 Å². The lowest BCUT2D eigenvalue weighted by molar-refractivity contribution is 0.240. The molecule has 53 heavy (non-hydrogen) atoms. The van der Waals surface area contributed by atoms with Gasteiger partial charge in [-0.3, -0.25) is 18.7 Å². The minimum atomic E-state index is -0.252. The largest absolute Gasteiger partial charge is 0.296 e. The summed E-state index contributed by atoms with van der Waals surface area (Å²) >= 11 is 3.02. The quantitative estimate of drug-likeness (QED) is 0.168. The van der Waals surface area contributed by atoms with Crippen molar-refractivity contribution in [1.82, 2.24) is 19.1 Å². The fourth-order valence-corrected chi connectivity index (χ4v) is 6.94. The molecule has 6 nitrogen and oxygen atoms in total. The third-order valence-electron chi connectivity index (χ3n) is 9.76. The van der Waals surface area contributed by atoms with Gasteiger partial charge in [0.2, 0.25) is 0 Å². The summed E-state index contributed by atoms with van der Waals surface area (Å²) in [5, 5.41) is 1.33. The second-order valence-electron chi connectivity index (χ2n) is 15.2. The van der Waals surface area contributed by atoms with Crippen molar-refractivity contribution < 1.29 is 8.78 Å². The number of aromatic nitrogens is 4. The molecule has 0 atom stereocenters. The number of rotatable bonds is 3. The summed E-state index contributed by atoms with van der Waals surface area (Å²) in [6.45, 7) is 14.0. The first-order valence-electron chi connectivity index (χ1n) is 17.8. The zero-order valence-electron chi connectivity index (χ0n) is 30.5. The van der Waals surface area contributed by atoms with Gasteiger partial charge in [0.05, 0.1) is 26.3 Å². The molecule has 2 aromatic heterocycles. The zero-order valence-corrected chi connectivity index (χ0v) is 32.1. The SMILES string of the molecule is C=Cc1ccc2c(=O)n3c(nc2c1)CCC(C)(C)C3.CC1(C)CCc2nc3cc(/C=C/c4ccccc4F)ccc3c(=O)n2C1.Fc1ccccc1Br. The van der Waals surface area contributed by atoms with E-state index in [1.807, 2.05) is 51.6 Å². The molecule has 0 N–H and O–H groups in total. The highest BCUT2D eigenvalue weighted by Crippen LogP contribution is 2.31. The van der Waals surface area contributed by atoms with Gasteiger partial charge in [-0.05, 0) is 93.2 Å². The third kappa shape index (κ3) is 8.79. The van der Waals surface area contributed by atoms with Crippen LogP contribution in [0, 0.1) is 22.5 Å². The molecule has 0 unspecified atom stereocenters. The molecule has 9 heteroatoms. The second-order valence-corrected chi connectivity index (χ2v) is 16.0. The molecule has 0 aliphatic carbocycles. The smallest absolute Gasteiger partial charge is 0.261 e. The molecule has 0 radical (unpaired) electrons. The molecular weight excluding hydrogens is 734 g/mol. The Balaban J connectivity index is 0.000000155. The molecule has 0 bridgehead atoms. The second kappa shape index (κ2) is 15.5. The lowest BCUT2D eigenvalue weighted by Gasteiger charge is -2.31. The van der Waals surface area contributed by atoms with Crippen LogP contribution in [0.25, 0.3) is 40.0 Å². The van der Waals surface area contributed by atoms with Crippen LogP contribution in [-0.4, -0.2) is 19.1 Å². The third-order valence-corrected chi connectivity index (χ3v) is 10.4. The van der Waals surface area contributed by atoms with Crippen molar-refractivity contribution >= 4 is 56.0 Å². The lowest BCUT2D eigenvalue weighted by Crippen LogP contribution is -2.36. The molecule has 272 valence electrons. The van der Waals surface area contributed by atoms with Crippen LogP contribution >= 0.6 is 15.9 Å². The van der Waals surface area contributed by atoms with Crippen LogP contribution in [0.5, 0.6) is 0 Å². The molecule has 0 saturated heterocycles. The monoisotopic (exact) mass is 776 g/mol. The summed E-state index contributed by atoms with van der Waals surface area (Å²) < 4.78 is 30.2. The van der Waals surface area contributed by atoms with Crippen molar-refractivity contribution in [1.29, 1.82) is 0 Å². The maximum atomic E-state index is 13.7. The summed E-state index contributed by atoms with van der Waals surface area (Å²) in [5.74, 6) is 1.31. The van der Waals surface area contributed by atoms with E-state index in [4.69, 9.17) is 4.98 Å². The van der Waals surface area contributed by atoms with Crippen molar-refractivity contribution in [2.75, 3.05) is 0 Å². The summed E-state index contributed by atoms with van der Waals surface area (Å²) in [6.07, 6.45) is 9.15. The van der Waals surface area contributed by atoms with E-state index < -0.39 is 0 Å². The first-order valence-corrected chi connectivity index (χ1v) is 18.5. The van der Waals surface area contributed by atoms with Crippen molar-refractivity contribution in [2.45, 2.75) is 66.5 Å². The van der Waals surface area contributed by atoms with Gasteiger partial charge in [-0.1, -0.05) is 95.0 Å². The Hall–Kier alpha value is -5.02. The summed E-state index contributed by atoms with van der Waals surface area (Å²) in [5.41, 5.74) is 4.33. The van der Waals surface area contributed by atoms with Gasteiger partial charge < -0.3 is 0 Å². The van der Waals surface area contributed by atoms with Crippen LogP contribution in [0.2, 0.25) is 0 Å². The van der Waals surface area contributed by atoms with Gasteiger partial charge in [0, 0.05) is 31.5 Å². The Labute approximate surface area is 316 Å². The first-order chi connectivity index (χ1) is 25.2. The Kier molecular flexibility index (Phi) is 11.1. The van der Waals surface area contributed by atoms with Gasteiger partial charge >= 0.3 is 0 Å². The minimum absolute atomic E-state index is 0.0300. The Morgan fingerprint density at radius 2 is 1.17 bits per heavy atom. The van der Waals surface area contributed by atoms with Crippen LogP contribution in [0.4, 0.5) is 8.78 Å². The van der Waals surface area contributed by atoms with E-state index in [0.717, 1.165) is 60.5 Å². The van der Waals surface area contributed by atoms with Crippen LogP contribution in [0.1, 0.15) is 68.9 Å². The van der Waals surface area contributed by atoms with Crippen LogP contribution in [0.15, 0.2) is 106 Å². The number of benzene rings is 4. The number of hydrogen-bond acceptors (Lipinski definition) is 4. The fraction of sp³-hybridized carbons (Fsp3) is 0.273. The van der Waals surface area contributed by atoms with Crippen LogP contribution < -0.4 is 11.1 Å². The zero-order chi connectivity index (χ0) is 37.9. The summed E-state index contributed by atoms with van der Waals surface area (Å²) in [7, 11) is 0. The Morgan fingerprint density at radius 1 is 0.679 bits per heavy atom. The van der Waals surface area contributed by atoms with E-state index in [9.17, 15) is 18.4 Å². The van der Waals surface area contributed by atoms with Gasteiger partial charge in [-0.2, -0.15) is 0 Å². The van der Waals surface area contributed by atoms with Crippen molar-refractivity contribution in [3.8, 4) is 0 Å². The minimum Gasteiger partial charge on any atom is -0.296 e. The number of fused-ring (bicyclic) bond motifs is 4. The van der Waals surface area contributed by atoms with Crippen molar-refractivity contribution in [3.05, 3.63) is 157 Å². The number of halogens is 3. The van der Waals surface area contributed by atoms with E-state index in [1.54, 1.807) is 48.6 Å². The number of aryl methyl sites for hydroxylation is 2. The van der Waals surface area contributed by atoms with Gasteiger partial charge in [-0.25, -0.2) is 18.7 Å². The number of hydrogen-bond donors (Lipinski definition) is 0. The van der Waals surface area contributed by atoms with Gasteiger partial charge in [0.25, 0.3) is 11.1 Å². The molecule has 0 saturated carbocycles. The van der Waals surface area contributed by atoms with Crippen molar-refractivity contribution in [3.63, 3.8) is 0 Å². The molecule has 4 heterocycles. The van der Waals surface area contributed by atoms with Crippen LogP contribution in [0.3, 0.4) is 0 Å². The lowest BCUT2D eigenvalue weighted by atomic mass is 9.85. The fourth-order valence-electron chi connectivity index (χ4n) is 6.66. The topological polar surface area (TPSA) is 69.8 Å². The van der Waals surface area contributed by atoms with E-state index in [2.05, 4.69) is 55.2 Å². The molecule has 0 amide bonds. The van der Waals surface area contributed by atoms with E-state index in [-0.39, 0.29) is 33.6 Å². The normalized spacial score (nSPS) is 15.5. The maximum absolute atomic E-state index is 13.7. The molecule has 0 spiro atoms. The molecule has 8 rings (SSSR count). The number of nitrogens with zero attached hydrogens (tertiary/aromatic N) is 4. The van der Waals surface area contributed by atoms with Gasteiger partial charge in [0.15, 0.2) is 0 Å². The molecular formula is C44H43BrF2N4O2. The predicted molar refractivity (Wildman–Crippen MR) is 216 cm³/mol. The predicted octanol–water partition coefficient (Wildman–Crippen LogP) is 10.3. The summed E-state index contributed by atoms with van der Waals surface area (Å²) in [6, 6.07) is 24.4. The van der Waals surface area contributed by atoms with Crippen LogP contribution in [-0.2, 0) is 25.9 Å². The highest BCUT2D eigenvalue weighted by Gasteiger charge is 2.28. The average molecular weight is 778 g/mol. The van der Waals surface area contributed by atoms with Gasteiger partial charge in [0.1, 0.15) is 23.3 Å². The van der Waals surface area contributed by atoms with E-state index in [1.165, 1.54) is 12.1 Å². The van der Waals surface area contributed by atoms with Crippen molar-refractivity contribution in [2.24, 2.45) is 10.8 Å². The molecule has 6 aromatic rings. The average Bonchev–Trinajstić information content (AvgIpc) is 3.13. The first kappa shape index (κ1) is 37.7. The molecule has 2 aliphatic rings. The Morgan fingerprint density at radius 3 is 1.66 bits per heavy atom. The Bertz CT molecular complexity index is 2460. The highest BCUT2D eigenvalue weighted by atomic mass is 79.9.